The molecule has 1 saturated carbocycles. The zero-order valence-electron chi connectivity index (χ0n) is 10.6. The average Bonchev–Trinajstić information content (AvgIpc) is 2.90. The lowest BCUT2D eigenvalue weighted by Gasteiger charge is -2.25. The summed E-state index contributed by atoms with van der Waals surface area (Å²) in [6.45, 7) is 4.19. The van der Waals surface area contributed by atoms with Crippen molar-refractivity contribution in [1.82, 2.24) is 14.9 Å². The summed E-state index contributed by atoms with van der Waals surface area (Å²) in [5.41, 5.74) is 1.05. The zero-order chi connectivity index (χ0) is 11.8. The van der Waals surface area contributed by atoms with Crippen LogP contribution in [0, 0.1) is 12.8 Å². The number of aromatic nitrogens is 2. The van der Waals surface area contributed by atoms with Crippen LogP contribution in [-0.2, 0) is 6.54 Å². The number of likely N-dealkylation sites (tertiary alicyclic amines) is 1. The summed E-state index contributed by atoms with van der Waals surface area (Å²) in [4.78, 5) is 11.6. The zero-order valence-corrected chi connectivity index (χ0v) is 10.6. The molecule has 1 N–H and O–H groups in total. The van der Waals surface area contributed by atoms with Crippen LogP contribution in [0.2, 0.25) is 0 Å². The fourth-order valence-corrected chi connectivity index (χ4v) is 3.23. The highest BCUT2D eigenvalue weighted by molar-refractivity contribution is 5.34. The molecule has 2 atom stereocenters. The second-order valence-electron chi connectivity index (χ2n) is 5.32. The minimum atomic E-state index is 0.794. The highest BCUT2D eigenvalue weighted by atomic mass is 15.2. The minimum Gasteiger partial charge on any atom is -0.373 e. The van der Waals surface area contributed by atoms with E-state index in [1.165, 1.54) is 25.8 Å². The van der Waals surface area contributed by atoms with Gasteiger partial charge in [0.15, 0.2) is 0 Å². The number of aryl methyl sites for hydroxylation is 1. The lowest BCUT2D eigenvalue weighted by atomic mass is 10.1. The van der Waals surface area contributed by atoms with Gasteiger partial charge in [-0.2, -0.15) is 0 Å². The van der Waals surface area contributed by atoms with Gasteiger partial charge in [-0.25, -0.2) is 9.97 Å². The van der Waals surface area contributed by atoms with Gasteiger partial charge in [-0.3, -0.25) is 4.90 Å². The molecule has 2 bridgehead atoms. The first-order valence-corrected chi connectivity index (χ1v) is 6.51. The molecule has 4 heteroatoms. The fourth-order valence-electron chi connectivity index (χ4n) is 3.23. The largest absolute Gasteiger partial charge is 0.373 e. The van der Waals surface area contributed by atoms with Crippen molar-refractivity contribution < 1.29 is 0 Å². The number of rotatable bonds is 3. The quantitative estimate of drug-likeness (QED) is 0.863. The van der Waals surface area contributed by atoms with Crippen molar-refractivity contribution in [1.29, 1.82) is 0 Å². The van der Waals surface area contributed by atoms with Crippen molar-refractivity contribution in [3.05, 3.63) is 17.6 Å². The van der Waals surface area contributed by atoms with Gasteiger partial charge in [0.2, 0.25) is 0 Å². The summed E-state index contributed by atoms with van der Waals surface area (Å²) in [6, 6.07) is 2.78. The molecule has 0 amide bonds. The molecule has 1 aliphatic carbocycles. The van der Waals surface area contributed by atoms with Crippen LogP contribution in [0.1, 0.15) is 30.8 Å². The number of piperidine rings is 1. The van der Waals surface area contributed by atoms with E-state index in [4.69, 9.17) is 0 Å². The third-order valence-electron chi connectivity index (χ3n) is 4.02. The first kappa shape index (κ1) is 11.0. The Morgan fingerprint density at radius 3 is 2.94 bits per heavy atom. The predicted octanol–water partition coefficient (Wildman–Crippen LogP) is 1.81. The van der Waals surface area contributed by atoms with Crippen molar-refractivity contribution in [2.24, 2.45) is 5.92 Å². The van der Waals surface area contributed by atoms with Crippen molar-refractivity contribution >= 4 is 5.82 Å². The average molecular weight is 232 g/mol. The number of nitrogens with one attached hydrogen (secondary N) is 1. The Labute approximate surface area is 102 Å². The van der Waals surface area contributed by atoms with E-state index in [2.05, 4.69) is 20.2 Å². The maximum atomic E-state index is 4.54. The van der Waals surface area contributed by atoms with Crippen LogP contribution >= 0.6 is 0 Å². The van der Waals surface area contributed by atoms with Gasteiger partial charge in [0.05, 0.1) is 6.54 Å². The highest BCUT2D eigenvalue weighted by Crippen LogP contribution is 2.37. The third-order valence-corrected chi connectivity index (χ3v) is 4.02. The molecular weight excluding hydrogens is 212 g/mol. The molecule has 1 aliphatic heterocycles. The summed E-state index contributed by atoms with van der Waals surface area (Å²) in [7, 11) is 1.91. The van der Waals surface area contributed by atoms with Crippen LogP contribution in [-0.4, -0.2) is 34.5 Å². The number of hydrogen-bond donors (Lipinski definition) is 1. The Bertz CT molecular complexity index is 418. The molecule has 2 aliphatic rings. The summed E-state index contributed by atoms with van der Waals surface area (Å²) in [6.07, 6.45) is 4.19. The Morgan fingerprint density at radius 2 is 2.29 bits per heavy atom. The van der Waals surface area contributed by atoms with Crippen molar-refractivity contribution in [3.8, 4) is 0 Å². The number of anilines is 1. The number of fused-ring (bicyclic) bond motifs is 2. The Kier molecular flexibility index (Phi) is 2.74. The molecule has 0 radical (unpaired) electrons. The molecule has 1 saturated heterocycles. The summed E-state index contributed by atoms with van der Waals surface area (Å²) in [5.74, 6) is 2.83. The van der Waals surface area contributed by atoms with Crippen LogP contribution in [0.4, 0.5) is 5.82 Å². The summed E-state index contributed by atoms with van der Waals surface area (Å²) >= 11 is 0. The van der Waals surface area contributed by atoms with Crippen molar-refractivity contribution in [3.63, 3.8) is 0 Å². The number of nitrogens with zero attached hydrogens (tertiary/aromatic N) is 3. The standard InChI is InChI=1S/C13H20N4/c1-9-5-12(14-2)16-13(15-9)8-17-7-10-3-4-11(17)6-10/h5,10-11H,3-4,6-8H2,1-2H3,(H,14,15,16). The predicted molar refractivity (Wildman–Crippen MR) is 67.9 cm³/mol. The second-order valence-corrected chi connectivity index (χ2v) is 5.32. The molecular formula is C13H20N4. The monoisotopic (exact) mass is 232 g/mol. The number of hydrogen-bond acceptors (Lipinski definition) is 4. The first-order valence-electron chi connectivity index (χ1n) is 6.51. The molecule has 1 aromatic heterocycles. The van der Waals surface area contributed by atoms with Gasteiger partial charge in [0.1, 0.15) is 11.6 Å². The molecule has 17 heavy (non-hydrogen) atoms. The topological polar surface area (TPSA) is 41.1 Å². The van der Waals surface area contributed by atoms with E-state index in [0.29, 0.717) is 0 Å². The van der Waals surface area contributed by atoms with E-state index in [1.54, 1.807) is 0 Å². The van der Waals surface area contributed by atoms with Gasteiger partial charge >= 0.3 is 0 Å². The molecule has 2 unspecified atom stereocenters. The molecule has 4 nitrogen and oxygen atoms in total. The molecule has 3 rings (SSSR count). The van der Waals surface area contributed by atoms with Gasteiger partial charge in [0, 0.05) is 31.4 Å². The van der Waals surface area contributed by atoms with Crippen LogP contribution in [0.5, 0.6) is 0 Å². The summed E-state index contributed by atoms with van der Waals surface area (Å²) in [5, 5.41) is 3.10. The van der Waals surface area contributed by atoms with Crippen LogP contribution in [0.3, 0.4) is 0 Å². The molecule has 0 spiro atoms. The molecule has 2 fully saturated rings. The van der Waals surface area contributed by atoms with Gasteiger partial charge in [0.25, 0.3) is 0 Å². The van der Waals surface area contributed by atoms with Crippen LogP contribution < -0.4 is 5.32 Å². The summed E-state index contributed by atoms with van der Waals surface area (Å²) < 4.78 is 0. The molecule has 2 heterocycles. The molecule has 1 aromatic rings. The first-order chi connectivity index (χ1) is 8.24. The minimum absolute atomic E-state index is 0.794. The maximum Gasteiger partial charge on any atom is 0.144 e. The van der Waals surface area contributed by atoms with Gasteiger partial charge in [-0.15, -0.1) is 0 Å². The lowest BCUT2D eigenvalue weighted by Crippen LogP contribution is -2.32. The van der Waals surface area contributed by atoms with E-state index in [1.807, 2.05) is 20.0 Å². The SMILES string of the molecule is CNc1cc(C)nc(CN2CC3CCC2C3)n1. The van der Waals surface area contributed by atoms with Crippen LogP contribution in [0.25, 0.3) is 0 Å². The Balaban J connectivity index is 1.74. The smallest absolute Gasteiger partial charge is 0.144 e. The molecule has 92 valence electrons. The van der Waals surface area contributed by atoms with Gasteiger partial charge in [-0.1, -0.05) is 0 Å². The van der Waals surface area contributed by atoms with Crippen molar-refractivity contribution in [2.45, 2.75) is 38.8 Å². The van der Waals surface area contributed by atoms with E-state index >= 15 is 0 Å². The Hall–Kier alpha value is -1.16. The molecule has 0 aromatic carbocycles. The van der Waals surface area contributed by atoms with E-state index in [0.717, 1.165) is 35.8 Å². The second kappa shape index (κ2) is 4.26. The lowest BCUT2D eigenvalue weighted by molar-refractivity contribution is 0.200. The highest BCUT2D eigenvalue weighted by Gasteiger charge is 2.37. The Morgan fingerprint density at radius 1 is 1.41 bits per heavy atom. The van der Waals surface area contributed by atoms with Gasteiger partial charge in [-0.05, 0) is 32.1 Å². The van der Waals surface area contributed by atoms with E-state index in [9.17, 15) is 0 Å². The normalized spacial score (nSPS) is 27.6. The fraction of sp³-hybridized carbons (Fsp3) is 0.692. The van der Waals surface area contributed by atoms with Crippen LogP contribution in [0.15, 0.2) is 6.07 Å². The van der Waals surface area contributed by atoms with E-state index < -0.39 is 0 Å². The maximum absolute atomic E-state index is 4.54. The van der Waals surface area contributed by atoms with Gasteiger partial charge < -0.3 is 5.32 Å². The van der Waals surface area contributed by atoms with Crippen molar-refractivity contribution in [2.75, 3.05) is 18.9 Å². The third kappa shape index (κ3) is 2.14. The van der Waals surface area contributed by atoms with E-state index in [-0.39, 0.29) is 0 Å².